The van der Waals surface area contributed by atoms with E-state index < -0.39 is 0 Å². The van der Waals surface area contributed by atoms with Crippen LogP contribution in [0.3, 0.4) is 0 Å². The molecule has 1 nitrogen and oxygen atoms in total. The first kappa shape index (κ1) is 11.9. The van der Waals surface area contributed by atoms with Crippen LogP contribution in [-0.2, 0) is 5.41 Å². The molecule has 1 rings (SSSR count). The third-order valence-corrected chi connectivity index (χ3v) is 2.61. The van der Waals surface area contributed by atoms with Crippen LogP contribution in [0, 0.1) is 6.92 Å². The summed E-state index contributed by atoms with van der Waals surface area (Å²) >= 11 is 0. The van der Waals surface area contributed by atoms with E-state index in [2.05, 4.69) is 58.9 Å². The summed E-state index contributed by atoms with van der Waals surface area (Å²) < 4.78 is 5.28. The minimum absolute atomic E-state index is 0.0635. The van der Waals surface area contributed by atoms with E-state index in [1.165, 1.54) is 11.1 Å². The SMILES string of the molecule is B/C=C\C(C)(C)c1cc(C)cc(OC)c1. The molecule has 0 aliphatic heterocycles. The molecule has 0 saturated carbocycles. The third kappa shape index (κ3) is 2.88. The Morgan fingerprint density at radius 1 is 1.27 bits per heavy atom. The van der Waals surface area contributed by atoms with Crippen molar-refractivity contribution in [3.8, 4) is 5.75 Å². The van der Waals surface area contributed by atoms with Gasteiger partial charge < -0.3 is 4.74 Å². The summed E-state index contributed by atoms with van der Waals surface area (Å²) in [7, 11) is 3.76. The number of methoxy groups -OCH3 is 1. The van der Waals surface area contributed by atoms with Crippen LogP contribution in [0.5, 0.6) is 5.75 Å². The van der Waals surface area contributed by atoms with Gasteiger partial charge >= 0.3 is 0 Å². The molecule has 0 saturated heterocycles. The van der Waals surface area contributed by atoms with Gasteiger partial charge in [-0.25, -0.2) is 0 Å². The highest BCUT2D eigenvalue weighted by Crippen LogP contribution is 2.28. The van der Waals surface area contributed by atoms with Crippen molar-refractivity contribution in [1.82, 2.24) is 0 Å². The number of hydrogen-bond donors (Lipinski definition) is 0. The highest BCUT2D eigenvalue weighted by atomic mass is 16.5. The normalized spacial score (nSPS) is 12.0. The lowest BCUT2D eigenvalue weighted by molar-refractivity contribution is 0.413. The molecule has 0 aliphatic carbocycles. The molecule has 0 aliphatic rings. The van der Waals surface area contributed by atoms with Gasteiger partial charge in [-0.3, -0.25) is 0 Å². The molecule has 0 amide bonds. The van der Waals surface area contributed by atoms with Crippen LogP contribution in [0.2, 0.25) is 0 Å². The smallest absolute Gasteiger partial charge is 0.129 e. The standard InChI is InChI=1S/C13H19BO/c1-10-7-11(9-12(8-10)15-4)13(2,3)5-6-14/h5-9H,14H2,1-4H3/b6-5-. The zero-order valence-corrected chi connectivity index (χ0v) is 10.3. The topological polar surface area (TPSA) is 9.23 Å². The van der Waals surface area contributed by atoms with Crippen molar-refractivity contribution in [2.45, 2.75) is 26.2 Å². The van der Waals surface area contributed by atoms with Crippen LogP contribution >= 0.6 is 0 Å². The molecule has 2 heteroatoms. The minimum atomic E-state index is 0.0635. The Bertz CT molecular complexity index is 367. The Morgan fingerprint density at radius 2 is 1.93 bits per heavy atom. The zero-order chi connectivity index (χ0) is 11.5. The molecule has 0 aromatic heterocycles. The quantitative estimate of drug-likeness (QED) is 0.684. The zero-order valence-electron chi connectivity index (χ0n) is 10.3. The van der Waals surface area contributed by atoms with E-state index in [0.717, 1.165) is 5.75 Å². The van der Waals surface area contributed by atoms with Crippen LogP contribution in [0.4, 0.5) is 0 Å². The van der Waals surface area contributed by atoms with Crippen molar-refractivity contribution >= 4 is 7.85 Å². The van der Waals surface area contributed by atoms with Gasteiger partial charge in [0.25, 0.3) is 0 Å². The average Bonchev–Trinajstić information content (AvgIpc) is 2.16. The molecule has 0 fully saturated rings. The first-order valence-corrected chi connectivity index (χ1v) is 5.29. The van der Waals surface area contributed by atoms with Crippen LogP contribution in [0.25, 0.3) is 0 Å². The van der Waals surface area contributed by atoms with Crippen LogP contribution in [0.15, 0.2) is 30.3 Å². The fraction of sp³-hybridized carbons (Fsp3) is 0.385. The summed E-state index contributed by atoms with van der Waals surface area (Å²) in [4.78, 5) is 0. The van der Waals surface area contributed by atoms with Gasteiger partial charge in [0.2, 0.25) is 0 Å². The monoisotopic (exact) mass is 202 g/mol. The van der Waals surface area contributed by atoms with E-state index in [9.17, 15) is 0 Å². The van der Waals surface area contributed by atoms with E-state index in [0.29, 0.717) is 0 Å². The first-order chi connectivity index (χ1) is 6.99. The van der Waals surface area contributed by atoms with Crippen molar-refractivity contribution in [2.24, 2.45) is 0 Å². The summed E-state index contributed by atoms with van der Waals surface area (Å²) in [6, 6.07) is 6.37. The van der Waals surface area contributed by atoms with Gasteiger partial charge in [0.05, 0.1) is 7.11 Å². The summed E-state index contributed by atoms with van der Waals surface area (Å²) in [5.74, 6) is 3.03. The van der Waals surface area contributed by atoms with Crippen LogP contribution < -0.4 is 4.74 Å². The second-order valence-corrected chi connectivity index (χ2v) is 4.46. The van der Waals surface area contributed by atoms with Gasteiger partial charge in [0.1, 0.15) is 13.6 Å². The molecule has 0 N–H and O–H groups in total. The summed E-state index contributed by atoms with van der Waals surface area (Å²) in [6.07, 6.45) is 2.21. The Morgan fingerprint density at radius 3 is 2.47 bits per heavy atom. The van der Waals surface area contributed by atoms with E-state index in [4.69, 9.17) is 4.74 Å². The van der Waals surface area contributed by atoms with Gasteiger partial charge in [-0.2, -0.15) is 0 Å². The molecule has 0 atom stereocenters. The minimum Gasteiger partial charge on any atom is -0.497 e. The average molecular weight is 202 g/mol. The maximum Gasteiger partial charge on any atom is 0.129 e. The molecule has 0 spiro atoms. The molecule has 1 aromatic rings. The Balaban J connectivity index is 3.19. The molecular weight excluding hydrogens is 183 g/mol. The number of aryl methyl sites for hydroxylation is 1. The lowest BCUT2D eigenvalue weighted by atomic mass is 9.82. The lowest BCUT2D eigenvalue weighted by Gasteiger charge is -2.22. The second-order valence-electron chi connectivity index (χ2n) is 4.46. The summed E-state index contributed by atoms with van der Waals surface area (Å²) in [5, 5.41) is 0. The molecular formula is C13H19BO. The molecule has 0 heterocycles. The number of allylic oxidation sites excluding steroid dienone is 1. The fourth-order valence-electron chi connectivity index (χ4n) is 1.75. The Kier molecular flexibility index (Phi) is 3.62. The Hall–Kier alpha value is -1.18. The summed E-state index contributed by atoms with van der Waals surface area (Å²) in [5.41, 5.74) is 2.59. The fourth-order valence-corrected chi connectivity index (χ4v) is 1.75. The predicted octanol–water partition coefficient (Wildman–Crippen LogP) is 2.43. The van der Waals surface area contributed by atoms with E-state index in [-0.39, 0.29) is 5.41 Å². The van der Waals surface area contributed by atoms with Gasteiger partial charge in [-0.1, -0.05) is 26.0 Å². The highest BCUT2D eigenvalue weighted by Gasteiger charge is 2.17. The Labute approximate surface area is 93.6 Å². The number of rotatable bonds is 3. The largest absolute Gasteiger partial charge is 0.497 e. The number of ether oxygens (including phenoxy) is 1. The third-order valence-electron chi connectivity index (χ3n) is 2.61. The number of hydrogen-bond acceptors (Lipinski definition) is 1. The molecule has 15 heavy (non-hydrogen) atoms. The molecule has 0 bridgehead atoms. The van der Waals surface area contributed by atoms with Crippen molar-refractivity contribution < 1.29 is 4.74 Å². The van der Waals surface area contributed by atoms with Gasteiger partial charge in [0, 0.05) is 5.41 Å². The number of benzene rings is 1. The van der Waals surface area contributed by atoms with Crippen molar-refractivity contribution in [1.29, 1.82) is 0 Å². The molecule has 0 radical (unpaired) electrons. The van der Waals surface area contributed by atoms with E-state index >= 15 is 0 Å². The van der Waals surface area contributed by atoms with Gasteiger partial charge in [0.15, 0.2) is 0 Å². The maximum atomic E-state index is 5.28. The van der Waals surface area contributed by atoms with Crippen LogP contribution in [0.1, 0.15) is 25.0 Å². The molecule has 80 valence electrons. The second kappa shape index (κ2) is 4.56. The van der Waals surface area contributed by atoms with Crippen molar-refractivity contribution in [3.05, 3.63) is 41.4 Å². The van der Waals surface area contributed by atoms with Crippen molar-refractivity contribution in [3.63, 3.8) is 0 Å². The van der Waals surface area contributed by atoms with Crippen molar-refractivity contribution in [2.75, 3.05) is 7.11 Å². The lowest BCUT2D eigenvalue weighted by Crippen LogP contribution is -2.13. The first-order valence-electron chi connectivity index (χ1n) is 5.29. The predicted molar refractivity (Wildman–Crippen MR) is 68.4 cm³/mol. The van der Waals surface area contributed by atoms with E-state index in [1.54, 1.807) is 7.11 Å². The van der Waals surface area contributed by atoms with Crippen LogP contribution in [-0.4, -0.2) is 15.0 Å². The molecule has 0 unspecified atom stereocenters. The van der Waals surface area contributed by atoms with E-state index in [1.807, 2.05) is 0 Å². The summed E-state index contributed by atoms with van der Waals surface area (Å²) in [6.45, 7) is 6.51. The van der Waals surface area contributed by atoms with Gasteiger partial charge in [-0.15, -0.1) is 5.98 Å². The maximum absolute atomic E-state index is 5.28. The highest BCUT2D eigenvalue weighted by molar-refractivity contribution is 6.17. The van der Waals surface area contributed by atoms with Gasteiger partial charge in [-0.05, 0) is 30.2 Å². The molecule has 1 aromatic carbocycles.